The maximum Gasteiger partial charge on any atom is 0.343 e. The molecule has 0 bridgehead atoms. The number of rotatable bonds is 5. The van der Waals surface area contributed by atoms with Crippen molar-refractivity contribution in [2.45, 2.75) is 20.8 Å². The van der Waals surface area contributed by atoms with Crippen LogP contribution in [0.15, 0.2) is 121 Å². The van der Waals surface area contributed by atoms with E-state index in [9.17, 15) is 14.4 Å². The molecule has 0 atom stereocenters. The number of para-hydroxylation sites is 1. The summed E-state index contributed by atoms with van der Waals surface area (Å²) in [7, 11) is 0. The molecule has 2 heterocycles. The van der Waals surface area contributed by atoms with Crippen LogP contribution >= 0.6 is 0 Å². The number of hydrogen-bond donors (Lipinski definition) is 0. The summed E-state index contributed by atoms with van der Waals surface area (Å²) >= 11 is 0. The van der Waals surface area contributed by atoms with E-state index in [4.69, 9.17) is 0 Å². The number of carbonyl (C=O) groups is 3. The van der Waals surface area contributed by atoms with Crippen molar-refractivity contribution < 1.29 is 14.4 Å². The molecule has 1 fully saturated rings. The Bertz CT molecular complexity index is 1840. The highest BCUT2D eigenvalue weighted by atomic mass is 16.2. The summed E-state index contributed by atoms with van der Waals surface area (Å²) in [5.41, 5.74) is 7.48. The Morgan fingerprint density at radius 1 is 0.548 bits per heavy atom. The lowest BCUT2D eigenvalue weighted by Crippen LogP contribution is -2.57. The van der Waals surface area contributed by atoms with Gasteiger partial charge < -0.3 is 4.57 Å². The molecule has 42 heavy (non-hydrogen) atoms. The molecule has 1 saturated heterocycles. The van der Waals surface area contributed by atoms with E-state index in [0.717, 1.165) is 49.1 Å². The second kappa shape index (κ2) is 10.8. The number of barbiturate groups is 1. The number of benzene rings is 4. The lowest BCUT2D eigenvalue weighted by Gasteiger charge is -2.34. The molecule has 0 aliphatic carbocycles. The van der Waals surface area contributed by atoms with Gasteiger partial charge in [0.05, 0.1) is 11.4 Å². The second-order valence-corrected chi connectivity index (χ2v) is 10.4. The highest BCUT2D eigenvalue weighted by Gasteiger charge is 2.43. The van der Waals surface area contributed by atoms with Gasteiger partial charge >= 0.3 is 6.03 Å². The molecule has 6 heteroatoms. The predicted molar refractivity (Wildman–Crippen MR) is 167 cm³/mol. The van der Waals surface area contributed by atoms with Crippen molar-refractivity contribution in [2.24, 2.45) is 0 Å². The zero-order valence-corrected chi connectivity index (χ0v) is 23.6. The van der Waals surface area contributed by atoms with Crippen LogP contribution in [0, 0.1) is 20.8 Å². The van der Waals surface area contributed by atoms with Crippen molar-refractivity contribution in [2.75, 3.05) is 9.80 Å². The van der Waals surface area contributed by atoms with E-state index in [2.05, 4.69) is 41.0 Å². The molecule has 1 aromatic heterocycles. The van der Waals surface area contributed by atoms with E-state index in [0.29, 0.717) is 11.4 Å². The zero-order valence-electron chi connectivity index (χ0n) is 23.6. The number of nitrogens with zero attached hydrogens (tertiary/aromatic N) is 3. The molecule has 1 aliphatic rings. The van der Waals surface area contributed by atoms with Gasteiger partial charge in [-0.05, 0) is 86.0 Å². The van der Waals surface area contributed by atoms with E-state index in [1.54, 1.807) is 42.5 Å². The van der Waals surface area contributed by atoms with Gasteiger partial charge in [0.2, 0.25) is 0 Å². The van der Waals surface area contributed by atoms with Gasteiger partial charge in [0.25, 0.3) is 11.8 Å². The molecule has 4 aromatic carbocycles. The average Bonchev–Trinajstić information content (AvgIpc) is 3.29. The second-order valence-electron chi connectivity index (χ2n) is 10.4. The lowest BCUT2D eigenvalue weighted by atomic mass is 10.0. The molecule has 1 aliphatic heterocycles. The molecule has 0 N–H and O–H groups in total. The Hall–Kier alpha value is -5.49. The maximum atomic E-state index is 13.8. The fourth-order valence-corrected chi connectivity index (χ4v) is 5.38. The number of aryl methyl sites for hydroxylation is 2. The minimum atomic E-state index is -0.707. The summed E-state index contributed by atoms with van der Waals surface area (Å²) in [6.07, 6.45) is 1.60. The number of carbonyl (C=O) groups excluding carboxylic acids is 3. The SMILES string of the molecule is Cc1ccc(N2C(=O)/C(=C\c3cc(C)n(-c4ccc(-c5ccccc5)cc4)c3C)C(=O)N(c3ccccc3)C2=O)cc1. The van der Waals surface area contributed by atoms with Crippen LogP contribution in [0.2, 0.25) is 0 Å². The van der Waals surface area contributed by atoms with Crippen LogP contribution in [0.5, 0.6) is 0 Å². The van der Waals surface area contributed by atoms with Crippen LogP contribution in [0.4, 0.5) is 16.2 Å². The fourth-order valence-electron chi connectivity index (χ4n) is 5.38. The van der Waals surface area contributed by atoms with Crippen LogP contribution in [0.25, 0.3) is 22.9 Å². The Morgan fingerprint density at radius 3 is 1.64 bits per heavy atom. The number of urea groups is 1. The van der Waals surface area contributed by atoms with E-state index in [1.807, 2.05) is 63.2 Å². The van der Waals surface area contributed by atoms with Crippen LogP contribution in [-0.2, 0) is 9.59 Å². The summed E-state index contributed by atoms with van der Waals surface area (Å²) in [5.74, 6) is -1.31. The van der Waals surface area contributed by atoms with Crippen molar-refractivity contribution in [1.29, 1.82) is 0 Å². The molecule has 6 rings (SSSR count). The first-order chi connectivity index (χ1) is 20.3. The molecular weight excluding hydrogens is 522 g/mol. The first-order valence-corrected chi connectivity index (χ1v) is 13.7. The van der Waals surface area contributed by atoms with Gasteiger partial charge in [-0.15, -0.1) is 0 Å². The molecule has 0 saturated carbocycles. The molecule has 6 nitrogen and oxygen atoms in total. The maximum absolute atomic E-state index is 13.8. The zero-order chi connectivity index (χ0) is 29.4. The third-order valence-corrected chi connectivity index (χ3v) is 7.56. The number of hydrogen-bond acceptors (Lipinski definition) is 3. The first kappa shape index (κ1) is 26.7. The van der Waals surface area contributed by atoms with E-state index in [1.165, 1.54) is 0 Å². The number of imide groups is 2. The third-order valence-electron chi connectivity index (χ3n) is 7.56. The summed E-state index contributed by atoms with van der Waals surface area (Å²) in [5, 5.41) is 0. The Kier molecular flexibility index (Phi) is 6.88. The Labute approximate surface area is 244 Å². The van der Waals surface area contributed by atoms with E-state index >= 15 is 0 Å². The number of aromatic nitrogens is 1. The minimum Gasteiger partial charge on any atom is -0.318 e. The standard InChI is InChI=1S/C36H29N3O3/c1-24-14-18-32(19-15-24)39-35(41)33(34(40)38(36(39)42)30-12-8-5-9-13-30)23-29-22-25(2)37(26(29)3)31-20-16-28(17-21-31)27-10-6-4-7-11-27/h4-23H,1-3H3/b33-23-. The molecule has 206 valence electrons. The van der Waals surface area contributed by atoms with Gasteiger partial charge in [0, 0.05) is 17.1 Å². The third kappa shape index (κ3) is 4.73. The molecule has 4 amide bonds. The van der Waals surface area contributed by atoms with Gasteiger partial charge in [-0.25, -0.2) is 14.6 Å². The molecule has 5 aromatic rings. The van der Waals surface area contributed by atoms with Gasteiger partial charge in [-0.1, -0.05) is 78.4 Å². The van der Waals surface area contributed by atoms with Crippen LogP contribution < -0.4 is 9.80 Å². The van der Waals surface area contributed by atoms with Crippen molar-refractivity contribution in [3.8, 4) is 16.8 Å². The van der Waals surface area contributed by atoms with Crippen molar-refractivity contribution in [3.05, 3.63) is 143 Å². The number of amides is 4. The van der Waals surface area contributed by atoms with E-state index in [-0.39, 0.29) is 5.57 Å². The van der Waals surface area contributed by atoms with Crippen LogP contribution in [0.1, 0.15) is 22.5 Å². The van der Waals surface area contributed by atoms with Crippen molar-refractivity contribution in [1.82, 2.24) is 4.57 Å². The van der Waals surface area contributed by atoms with Crippen LogP contribution in [0.3, 0.4) is 0 Å². The van der Waals surface area contributed by atoms with Gasteiger partial charge in [0.1, 0.15) is 5.57 Å². The van der Waals surface area contributed by atoms with Crippen LogP contribution in [-0.4, -0.2) is 22.4 Å². The van der Waals surface area contributed by atoms with Crippen molar-refractivity contribution >= 4 is 35.3 Å². The topological polar surface area (TPSA) is 62.6 Å². The molecule has 0 radical (unpaired) electrons. The molecular formula is C36H29N3O3. The largest absolute Gasteiger partial charge is 0.343 e. The average molecular weight is 552 g/mol. The normalized spacial score (nSPS) is 14.6. The minimum absolute atomic E-state index is 0.0845. The Balaban J connectivity index is 1.42. The first-order valence-electron chi connectivity index (χ1n) is 13.7. The molecule has 0 unspecified atom stereocenters. The predicted octanol–water partition coefficient (Wildman–Crippen LogP) is 7.65. The quantitative estimate of drug-likeness (QED) is 0.166. The lowest BCUT2D eigenvalue weighted by molar-refractivity contribution is -0.121. The molecule has 0 spiro atoms. The van der Waals surface area contributed by atoms with Crippen molar-refractivity contribution in [3.63, 3.8) is 0 Å². The smallest absolute Gasteiger partial charge is 0.318 e. The summed E-state index contributed by atoms with van der Waals surface area (Å²) in [4.78, 5) is 43.4. The van der Waals surface area contributed by atoms with Gasteiger partial charge in [-0.2, -0.15) is 0 Å². The highest BCUT2D eigenvalue weighted by Crippen LogP contribution is 2.31. The summed E-state index contributed by atoms with van der Waals surface area (Å²) in [6.45, 7) is 5.88. The van der Waals surface area contributed by atoms with E-state index < -0.39 is 17.8 Å². The van der Waals surface area contributed by atoms with Gasteiger partial charge in [0.15, 0.2) is 0 Å². The number of anilines is 2. The highest BCUT2D eigenvalue weighted by molar-refractivity contribution is 6.46. The Morgan fingerprint density at radius 2 is 1.05 bits per heavy atom. The summed E-state index contributed by atoms with van der Waals surface area (Å²) in [6, 6.07) is 35.5. The monoisotopic (exact) mass is 551 g/mol. The van der Waals surface area contributed by atoms with Gasteiger partial charge in [-0.3, -0.25) is 9.59 Å². The summed E-state index contributed by atoms with van der Waals surface area (Å²) < 4.78 is 2.09. The fraction of sp³-hybridized carbons (Fsp3) is 0.0833.